The topological polar surface area (TPSA) is 47.3 Å². The molecular weight excluding hydrogens is 431 g/mol. The Morgan fingerprint density at radius 2 is 1.71 bits per heavy atom. The molecule has 4 rings (SSSR count). The number of rotatable bonds is 7. The van der Waals surface area contributed by atoms with Crippen LogP contribution in [-0.2, 0) is 6.42 Å². The molecule has 0 amide bonds. The zero-order chi connectivity index (χ0) is 21.8. The summed E-state index contributed by atoms with van der Waals surface area (Å²) >= 11 is 12.2. The number of unbranched alkanes of at least 4 members (excludes halogenated alkanes) is 1. The lowest BCUT2D eigenvalue weighted by molar-refractivity contribution is 0.475. The van der Waals surface area contributed by atoms with Gasteiger partial charge in [-0.2, -0.15) is 0 Å². The molecule has 1 aromatic heterocycles. The number of halogens is 2. The van der Waals surface area contributed by atoms with E-state index in [0.717, 1.165) is 42.0 Å². The molecule has 31 heavy (non-hydrogen) atoms. The van der Waals surface area contributed by atoms with Gasteiger partial charge in [0.25, 0.3) is 0 Å². The van der Waals surface area contributed by atoms with Gasteiger partial charge in [-0.15, -0.1) is 0 Å². The lowest BCUT2D eigenvalue weighted by atomic mass is 10.1. The summed E-state index contributed by atoms with van der Waals surface area (Å²) in [5.74, 6) is 2.48. The van der Waals surface area contributed by atoms with Gasteiger partial charge in [0.1, 0.15) is 23.1 Å². The number of hydrogen-bond donors (Lipinski definition) is 1. The molecule has 0 fully saturated rings. The molecule has 0 saturated heterocycles. The van der Waals surface area contributed by atoms with E-state index in [1.165, 1.54) is 0 Å². The maximum Gasteiger partial charge on any atom is 0.146 e. The molecule has 0 bridgehead atoms. The lowest BCUT2D eigenvalue weighted by Crippen LogP contribution is -2.00. The van der Waals surface area contributed by atoms with Crippen molar-refractivity contribution in [1.82, 2.24) is 9.55 Å². The van der Waals surface area contributed by atoms with Crippen LogP contribution in [0.3, 0.4) is 0 Å². The highest BCUT2D eigenvalue weighted by atomic mass is 35.5. The number of aryl methyl sites for hydroxylation is 1. The predicted octanol–water partition coefficient (Wildman–Crippen LogP) is 7.69. The van der Waals surface area contributed by atoms with E-state index >= 15 is 0 Å². The quantitative estimate of drug-likeness (QED) is 0.312. The Hall–Kier alpha value is -2.95. The fraction of sp³-hybridized carbons (Fsp3) is 0.160. The van der Waals surface area contributed by atoms with Crippen molar-refractivity contribution in [3.63, 3.8) is 0 Å². The van der Waals surface area contributed by atoms with Crippen LogP contribution in [0.5, 0.6) is 17.2 Å². The van der Waals surface area contributed by atoms with Gasteiger partial charge in [-0.1, -0.05) is 36.5 Å². The normalized spacial score (nSPS) is 10.9. The highest BCUT2D eigenvalue weighted by Gasteiger charge is 2.12. The lowest BCUT2D eigenvalue weighted by Gasteiger charge is -2.10. The number of phenolic OH excluding ortho intramolecular Hbond substituents is 1. The van der Waals surface area contributed by atoms with Crippen molar-refractivity contribution < 1.29 is 9.84 Å². The fourth-order valence-electron chi connectivity index (χ4n) is 3.28. The van der Waals surface area contributed by atoms with Crippen molar-refractivity contribution in [3.05, 3.63) is 88.8 Å². The van der Waals surface area contributed by atoms with Crippen LogP contribution in [0.2, 0.25) is 10.0 Å². The molecule has 6 heteroatoms. The predicted molar refractivity (Wildman–Crippen MR) is 126 cm³/mol. The Bertz CT molecular complexity index is 1170. The van der Waals surface area contributed by atoms with Gasteiger partial charge in [-0.3, -0.25) is 0 Å². The van der Waals surface area contributed by atoms with Crippen LogP contribution in [0.15, 0.2) is 72.9 Å². The first-order valence-corrected chi connectivity index (χ1v) is 10.9. The molecule has 3 aromatic carbocycles. The standard InChI is InChI=1S/C25H22Cl2N2O2/c1-2-3-4-25-28-23(17-5-10-20(30)11-6-17)16-29(25)19-8-12-21(13-9-19)31-24-14-7-18(26)15-22(24)27/h5-16,30H,2-4H2,1H3. The first kappa shape index (κ1) is 21.3. The summed E-state index contributed by atoms with van der Waals surface area (Å²) in [6.45, 7) is 2.17. The van der Waals surface area contributed by atoms with Gasteiger partial charge in [-0.05, 0) is 73.2 Å². The molecule has 0 aliphatic rings. The van der Waals surface area contributed by atoms with Gasteiger partial charge in [0.15, 0.2) is 0 Å². The summed E-state index contributed by atoms with van der Waals surface area (Å²) in [6, 6.07) is 20.1. The van der Waals surface area contributed by atoms with E-state index in [0.29, 0.717) is 21.5 Å². The van der Waals surface area contributed by atoms with E-state index in [2.05, 4.69) is 11.5 Å². The van der Waals surface area contributed by atoms with Crippen LogP contribution in [-0.4, -0.2) is 14.7 Å². The van der Waals surface area contributed by atoms with Gasteiger partial charge in [0.2, 0.25) is 0 Å². The molecular formula is C25H22Cl2N2O2. The summed E-state index contributed by atoms with van der Waals surface area (Å²) in [5.41, 5.74) is 2.84. The van der Waals surface area contributed by atoms with Crippen LogP contribution in [0.1, 0.15) is 25.6 Å². The Labute approximate surface area is 191 Å². The molecule has 0 aliphatic heterocycles. The summed E-state index contributed by atoms with van der Waals surface area (Å²) in [5, 5.41) is 10.6. The zero-order valence-corrected chi connectivity index (χ0v) is 18.6. The molecule has 0 radical (unpaired) electrons. The third-order valence-corrected chi connectivity index (χ3v) is 5.46. The van der Waals surface area contributed by atoms with Gasteiger partial charge in [0.05, 0.1) is 10.7 Å². The molecule has 1 N–H and O–H groups in total. The van der Waals surface area contributed by atoms with Crippen molar-refractivity contribution >= 4 is 23.2 Å². The van der Waals surface area contributed by atoms with Crippen molar-refractivity contribution in [2.45, 2.75) is 26.2 Å². The number of aromatic hydroxyl groups is 1. The number of ether oxygens (including phenoxy) is 1. The maximum atomic E-state index is 9.57. The van der Waals surface area contributed by atoms with Crippen LogP contribution < -0.4 is 4.74 Å². The zero-order valence-electron chi connectivity index (χ0n) is 17.1. The SMILES string of the molecule is CCCCc1nc(-c2ccc(O)cc2)cn1-c1ccc(Oc2ccc(Cl)cc2Cl)cc1. The van der Waals surface area contributed by atoms with E-state index in [1.807, 2.05) is 42.6 Å². The number of phenols is 1. The molecule has 0 saturated carbocycles. The third kappa shape index (κ3) is 5.04. The van der Waals surface area contributed by atoms with E-state index < -0.39 is 0 Å². The molecule has 158 valence electrons. The minimum absolute atomic E-state index is 0.241. The highest BCUT2D eigenvalue weighted by Crippen LogP contribution is 2.32. The number of nitrogens with zero attached hydrogens (tertiary/aromatic N) is 2. The maximum absolute atomic E-state index is 9.57. The van der Waals surface area contributed by atoms with Gasteiger partial charge >= 0.3 is 0 Å². The largest absolute Gasteiger partial charge is 0.508 e. The number of aromatic nitrogens is 2. The minimum atomic E-state index is 0.241. The molecule has 4 nitrogen and oxygen atoms in total. The van der Waals surface area contributed by atoms with Crippen molar-refractivity contribution in [2.24, 2.45) is 0 Å². The molecule has 0 aliphatic carbocycles. The van der Waals surface area contributed by atoms with Crippen LogP contribution in [0, 0.1) is 0 Å². The van der Waals surface area contributed by atoms with E-state index in [1.54, 1.807) is 30.3 Å². The molecule has 1 heterocycles. The Morgan fingerprint density at radius 1 is 0.968 bits per heavy atom. The summed E-state index contributed by atoms with van der Waals surface area (Å²) in [7, 11) is 0. The van der Waals surface area contributed by atoms with Crippen molar-refractivity contribution in [1.29, 1.82) is 0 Å². The number of benzene rings is 3. The number of imidazole rings is 1. The van der Waals surface area contributed by atoms with Crippen LogP contribution in [0.25, 0.3) is 16.9 Å². The fourth-order valence-corrected chi connectivity index (χ4v) is 3.73. The van der Waals surface area contributed by atoms with E-state index in [9.17, 15) is 5.11 Å². The monoisotopic (exact) mass is 452 g/mol. The molecule has 0 atom stereocenters. The van der Waals surface area contributed by atoms with Crippen LogP contribution in [0.4, 0.5) is 0 Å². The first-order chi connectivity index (χ1) is 15.0. The van der Waals surface area contributed by atoms with E-state index in [4.69, 9.17) is 32.9 Å². The van der Waals surface area contributed by atoms with Gasteiger partial charge in [-0.25, -0.2) is 4.98 Å². The van der Waals surface area contributed by atoms with Crippen molar-refractivity contribution in [3.8, 4) is 34.2 Å². The Morgan fingerprint density at radius 3 is 2.39 bits per heavy atom. The molecule has 0 unspecified atom stereocenters. The summed E-state index contributed by atoms with van der Waals surface area (Å²) in [6.07, 6.45) is 5.06. The third-order valence-electron chi connectivity index (χ3n) is 4.93. The average Bonchev–Trinajstić information content (AvgIpc) is 3.19. The second kappa shape index (κ2) is 9.46. The van der Waals surface area contributed by atoms with Gasteiger partial charge in [0, 0.05) is 28.9 Å². The van der Waals surface area contributed by atoms with Crippen LogP contribution >= 0.6 is 23.2 Å². The van der Waals surface area contributed by atoms with E-state index in [-0.39, 0.29) is 5.75 Å². The molecule has 0 spiro atoms. The minimum Gasteiger partial charge on any atom is -0.508 e. The smallest absolute Gasteiger partial charge is 0.146 e. The van der Waals surface area contributed by atoms with Gasteiger partial charge < -0.3 is 14.4 Å². The first-order valence-electron chi connectivity index (χ1n) is 10.1. The Balaban J connectivity index is 1.62. The second-order valence-corrected chi connectivity index (χ2v) is 8.08. The van der Waals surface area contributed by atoms with Crippen molar-refractivity contribution in [2.75, 3.05) is 0 Å². The average molecular weight is 453 g/mol. The highest BCUT2D eigenvalue weighted by molar-refractivity contribution is 6.35. The number of hydrogen-bond acceptors (Lipinski definition) is 3. The summed E-state index contributed by atoms with van der Waals surface area (Å²) in [4.78, 5) is 4.85. The second-order valence-electron chi connectivity index (χ2n) is 7.23. The molecule has 4 aromatic rings. The summed E-state index contributed by atoms with van der Waals surface area (Å²) < 4.78 is 8.00. The Kier molecular flexibility index (Phi) is 6.50.